The average Bonchev–Trinajstić information content (AvgIpc) is 2.31. The van der Waals surface area contributed by atoms with E-state index in [-0.39, 0.29) is 11.2 Å². The highest BCUT2D eigenvalue weighted by atomic mass is 35.5. The van der Waals surface area contributed by atoms with E-state index in [2.05, 4.69) is 15.1 Å². The van der Waals surface area contributed by atoms with Crippen molar-refractivity contribution in [1.29, 1.82) is 0 Å². The molecule has 1 amide bonds. The number of amidine groups is 1. The number of amides is 1. The molecule has 2 rings (SSSR count). The summed E-state index contributed by atoms with van der Waals surface area (Å²) in [6, 6.07) is -0.465. The SMILES string of the molecule is CN1N=CC2=NC(Cl)=NC(=O)C21. The lowest BCUT2D eigenvalue weighted by atomic mass is 10.2. The van der Waals surface area contributed by atoms with Crippen LogP contribution in [0.1, 0.15) is 0 Å². The van der Waals surface area contributed by atoms with Gasteiger partial charge in [-0.05, 0) is 11.6 Å². The summed E-state index contributed by atoms with van der Waals surface area (Å²) in [7, 11) is 1.69. The Morgan fingerprint density at radius 1 is 1.58 bits per heavy atom. The van der Waals surface area contributed by atoms with Crippen LogP contribution in [0.3, 0.4) is 0 Å². The van der Waals surface area contributed by atoms with E-state index in [4.69, 9.17) is 11.6 Å². The summed E-state index contributed by atoms with van der Waals surface area (Å²) >= 11 is 5.49. The highest BCUT2D eigenvalue weighted by Gasteiger charge is 2.34. The van der Waals surface area contributed by atoms with Crippen LogP contribution in [-0.4, -0.2) is 41.2 Å². The average molecular weight is 185 g/mol. The molecule has 6 heteroatoms. The number of carbonyl (C=O) groups is 1. The Kier molecular flexibility index (Phi) is 1.47. The van der Waals surface area contributed by atoms with Crippen molar-refractivity contribution < 1.29 is 4.79 Å². The van der Waals surface area contributed by atoms with Gasteiger partial charge in [-0.15, -0.1) is 0 Å². The third-order valence-electron chi connectivity index (χ3n) is 1.68. The molecule has 0 aromatic rings. The molecule has 2 aliphatic rings. The van der Waals surface area contributed by atoms with Crippen molar-refractivity contribution in [3.8, 4) is 0 Å². The Bertz CT molecular complexity index is 332. The largest absolute Gasteiger partial charge is 0.281 e. The molecule has 2 heterocycles. The van der Waals surface area contributed by atoms with Gasteiger partial charge in [-0.1, -0.05) is 0 Å². The summed E-state index contributed by atoms with van der Waals surface area (Å²) in [5, 5.41) is 5.38. The van der Waals surface area contributed by atoms with E-state index in [1.54, 1.807) is 7.05 Å². The van der Waals surface area contributed by atoms with Gasteiger partial charge in [0, 0.05) is 7.05 Å². The molecule has 0 spiro atoms. The fraction of sp³-hybridized carbons (Fsp3) is 0.333. The molecule has 0 N–H and O–H groups in total. The number of likely N-dealkylation sites (N-methyl/N-ethyl adjacent to an activating group) is 1. The van der Waals surface area contributed by atoms with E-state index < -0.39 is 6.04 Å². The number of hydrazone groups is 1. The molecule has 1 unspecified atom stereocenters. The second-order valence-electron chi connectivity index (χ2n) is 2.48. The van der Waals surface area contributed by atoms with Crippen molar-refractivity contribution in [3.63, 3.8) is 0 Å². The summed E-state index contributed by atoms with van der Waals surface area (Å²) in [6.07, 6.45) is 1.51. The van der Waals surface area contributed by atoms with Crippen molar-refractivity contribution in [1.82, 2.24) is 5.01 Å². The number of fused-ring (bicyclic) bond motifs is 1. The first-order chi connectivity index (χ1) is 5.68. The molecule has 12 heavy (non-hydrogen) atoms. The number of hydrogen-bond donors (Lipinski definition) is 0. The summed E-state index contributed by atoms with van der Waals surface area (Å²) in [5.41, 5.74) is 0.558. The maximum absolute atomic E-state index is 11.2. The Labute approximate surface area is 73.4 Å². The van der Waals surface area contributed by atoms with Crippen LogP contribution in [0.5, 0.6) is 0 Å². The molecule has 0 aromatic heterocycles. The van der Waals surface area contributed by atoms with E-state index in [1.165, 1.54) is 11.2 Å². The van der Waals surface area contributed by atoms with Crippen molar-refractivity contribution >= 4 is 34.7 Å². The van der Waals surface area contributed by atoms with Crippen molar-refractivity contribution in [3.05, 3.63) is 0 Å². The number of nitrogens with zero attached hydrogens (tertiary/aromatic N) is 4. The summed E-state index contributed by atoms with van der Waals surface area (Å²) in [4.78, 5) is 18.6. The molecule has 0 bridgehead atoms. The molecule has 0 saturated carbocycles. The Hall–Kier alpha value is -1.23. The zero-order valence-corrected chi connectivity index (χ0v) is 6.99. The first-order valence-electron chi connectivity index (χ1n) is 3.32. The van der Waals surface area contributed by atoms with Gasteiger partial charge in [-0.3, -0.25) is 9.80 Å². The van der Waals surface area contributed by atoms with Gasteiger partial charge in [-0.25, -0.2) is 4.99 Å². The van der Waals surface area contributed by atoms with Crippen LogP contribution in [-0.2, 0) is 4.79 Å². The molecular formula is C6H5ClN4O. The third-order valence-corrected chi connectivity index (χ3v) is 1.85. The first kappa shape index (κ1) is 7.42. The summed E-state index contributed by atoms with van der Waals surface area (Å²) in [5.74, 6) is -0.315. The van der Waals surface area contributed by atoms with Crippen LogP contribution in [0, 0.1) is 0 Å². The second-order valence-corrected chi connectivity index (χ2v) is 2.81. The van der Waals surface area contributed by atoms with Crippen LogP contribution in [0.2, 0.25) is 0 Å². The predicted octanol–water partition coefficient (Wildman–Crippen LogP) is -0.138. The van der Waals surface area contributed by atoms with E-state index in [9.17, 15) is 4.79 Å². The molecule has 1 atom stereocenters. The van der Waals surface area contributed by atoms with E-state index in [0.29, 0.717) is 5.71 Å². The smallest absolute Gasteiger partial charge is 0.279 e. The zero-order chi connectivity index (χ0) is 8.72. The lowest BCUT2D eigenvalue weighted by Gasteiger charge is -2.17. The first-order valence-corrected chi connectivity index (χ1v) is 3.70. The van der Waals surface area contributed by atoms with Crippen LogP contribution < -0.4 is 0 Å². The third kappa shape index (κ3) is 0.937. The highest BCUT2D eigenvalue weighted by Crippen LogP contribution is 2.13. The minimum absolute atomic E-state index is 0.0204. The Morgan fingerprint density at radius 3 is 3.08 bits per heavy atom. The molecule has 0 radical (unpaired) electrons. The van der Waals surface area contributed by atoms with Crippen molar-refractivity contribution in [2.45, 2.75) is 6.04 Å². The van der Waals surface area contributed by atoms with Crippen LogP contribution >= 0.6 is 11.6 Å². The molecule has 5 nitrogen and oxygen atoms in total. The van der Waals surface area contributed by atoms with Gasteiger partial charge in [0.15, 0.2) is 6.04 Å². The molecule has 0 aliphatic carbocycles. The summed E-state index contributed by atoms with van der Waals surface area (Å²) in [6.45, 7) is 0. The zero-order valence-electron chi connectivity index (χ0n) is 6.23. The van der Waals surface area contributed by atoms with E-state index in [1.807, 2.05) is 0 Å². The second kappa shape index (κ2) is 2.38. The quantitative estimate of drug-likeness (QED) is 0.492. The predicted molar refractivity (Wildman–Crippen MR) is 45.8 cm³/mol. The van der Waals surface area contributed by atoms with Gasteiger partial charge in [0.2, 0.25) is 5.29 Å². The lowest BCUT2D eigenvalue weighted by molar-refractivity contribution is -0.120. The van der Waals surface area contributed by atoms with Gasteiger partial charge < -0.3 is 0 Å². The Morgan fingerprint density at radius 2 is 2.33 bits per heavy atom. The minimum Gasteiger partial charge on any atom is -0.281 e. The number of hydrogen-bond acceptors (Lipinski definition) is 4. The van der Waals surface area contributed by atoms with Crippen molar-refractivity contribution in [2.24, 2.45) is 15.1 Å². The van der Waals surface area contributed by atoms with Gasteiger partial charge in [-0.2, -0.15) is 10.1 Å². The van der Waals surface area contributed by atoms with Crippen molar-refractivity contribution in [2.75, 3.05) is 7.05 Å². The summed E-state index contributed by atoms with van der Waals surface area (Å²) < 4.78 is 0. The van der Waals surface area contributed by atoms with Gasteiger partial charge >= 0.3 is 0 Å². The maximum Gasteiger partial charge on any atom is 0.279 e. The van der Waals surface area contributed by atoms with Gasteiger partial charge in [0.1, 0.15) is 0 Å². The van der Waals surface area contributed by atoms with Crippen LogP contribution in [0.25, 0.3) is 0 Å². The molecular weight excluding hydrogens is 180 g/mol. The molecule has 2 aliphatic heterocycles. The topological polar surface area (TPSA) is 57.4 Å². The molecule has 0 fully saturated rings. The van der Waals surface area contributed by atoms with Gasteiger partial charge in [0.05, 0.1) is 11.9 Å². The van der Waals surface area contributed by atoms with Crippen LogP contribution in [0.4, 0.5) is 0 Å². The standard InChI is InChI=1S/C6H5ClN4O/c1-11-4-3(2-8-11)9-6(7)10-5(4)12/h2,4H,1H3. The highest BCUT2D eigenvalue weighted by molar-refractivity contribution is 6.68. The number of aliphatic imine (C=N–C) groups is 2. The molecule has 0 saturated heterocycles. The monoisotopic (exact) mass is 184 g/mol. The number of halogens is 1. The normalized spacial score (nSPS) is 27.0. The molecule has 62 valence electrons. The lowest BCUT2D eigenvalue weighted by Crippen LogP contribution is -2.39. The fourth-order valence-electron chi connectivity index (χ4n) is 1.14. The molecule has 0 aromatic carbocycles. The maximum atomic E-state index is 11.2. The van der Waals surface area contributed by atoms with Gasteiger partial charge in [0.25, 0.3) is 5.91 Å². The minimum atomic E-state index is -0.465. The fourth-order valence-corrected chi connectivity index (χ4v) is 1.32. The van der Waals surface area contributed by atoms with E-state index >= 15 is 0 Å². The number of carbonyl (C=O) groups excluding carboxylic acids is 1. The van der Waals surface area contributed by atoms with Crippen LogP contribution in [0.15, 0.2) is 15.1 Å². The van der Waals surface area contributed by atoms with E-state index in [0.717, 1.165) is 0 Å². The number of rotatable bonds is 0. The Balaban J connectivity index is 2.42.